The van der Waals surface area contributed by atoms with Crippen molar-refractivity contribution in [3.05, 3.63) is 23.3 Å². The summed E-state index contributed by atoms with van der Waals surface area (Å²) in [5.74, 6) is 0. The predicted octanol–water partition coefficient (Wildman–Crippen LogP) is 6.37. The molecule has 1 N–H and O–H groups in total. The zero-order valence-corrected chi connectivity index (χ0v) is 16.1. The maximum absolute atomic E-state index is 3.44. The molecule has 1 unspecified atom stereocenters. The lowest BCUT2D eigenvalue weighted by Gasteiger charge is -2.28. The third-order valence-corrected chi connectivity index (χ3v) is 3.23. The molecule has 0 aromatic heterocycles. The van der Waals surface area contributed by atoms with Crippen molar-refractivity contribution in [1.29, 1.82) is 0 Å². The molecule has 1 aliphatic rings. The molecule has 0 heterocycles. The molecule has 122 valence electrons. The molecule has 0 aromatic rings. The van der Waals surface area contributed by atoms with E-state index in [1.807, 2.05) is 41.5 Å². The molecule has 1 aliphatic carbocycles. The van der Waals surface area contributed by atoms with Gasteiger partial charge in [0.2, 0.25) is 0 Å². The second kappa shape index (κ2) is 14.8. The Bertz CT molecular complexity index is 259. The highest BCUT2D eigenvalue weighted by molar-refractivity contribution is 5.38. The normalized spacial score (nSPS) is 19.4. The van der Waals surface area contributed by atoms with Gasteiger partial charge in [-0.15, -0.1) is 0 Å². The van der Waals surface area contributed by atoms with Gasteiger partial charge in [0.15, 0.2) is 0 Å². The lowest BCUT2D eigenvalue weighted by molar-refractivity contribution is 0.309. The van der Waals surface area contributed by atoms with Crippen molar-refractivity contribution in [1.82, 2.24) is 5.32 Å². The van der Waals surface area contributed by atoms with Crippen LogP contribution in [0.2, 0.25) is 0 Å². The van der Waals surface area contributed by atoms with Crippen molar-refractivity contribution in [3.63, 3.8) is 0 Å². The van der Waals surface area contributed by atoms with E-state index in [2.05, 4.69) is 52.2 Å². The number of hydrogen-bond acceptors (Lipinski definition) is 1. The van der Waals surface area contributed by atoms with Gasteiger partial charge in [0.25, 0.3) is 0 Å². The van der Waals surface area contributed by atoms with E-state index in [9.17, 15) is 0 Å². The van der Waals surface area contributed by atoms with Crippen molar-refractivity contribution in [2.45, 2.75) is 88.1 Å². The molecule has 0 aromatic carbocycles. The zero-order valence-electron chi connectivity index (χ0n) is 16.1. The van der Waals surface area contributed by atoms with Gasteiger partial charge in [-0.25, -0.2) is 0 Å². The molecule has 0 spiro atoms. The summed E-state index contributed by atoms with van der Waals surface area (Å²) in [7, 11) is 2.06. The number of nitrogens with one attached hydrogen (secondary N) is 1. The second-order valence-corrected chi connectivity index (χ2v) is 4.80. The number of likely N-dealkylation sites (N-methyl/N-ethyl adjacent to an activating group) is 1. The monoisotopic (exact) mass is 283 g/mol. The summed E-state index contributed by atoms with van der Waals surface area (Å²) in [6.07, 6.45) is 6.83. The van der Waals surface area contributed by atoms with Crippen LogP contribution in [0.3, 0.4) is 0 Å². The number of hydrogen-bond donors (Lipinski definition) is 1. The largest absolute Gasteiger partial charge is 0.313 e. The van der Waals surface area contributed by atoms with Crippen LogP contribution in [0.25, 0.3) is 0 Å². The Morgan fingerprint density at radius 1 is 1.10 bits per heavy atom. The zero-order chi connectivity index (χ0) is 16.8. The highest BCUT2D eigenvalue weighted by Gasteiger charge is 2.37. The summed E-state index contributed by atoms with van der Waals surface area (Å²) in [6.45, 7) is 21.0. The van der Waals surface area contributed by atoms with Crippen molar-refractivity contribution < 1.29 is 0 Å². The Balaban J connectivity index is -0.000000425. The molecule has 0 saturated heterocycles. The molecule has 1 rings (SSSR count). The fraction of sp³-hybridized carbons (Fsp3) is 0.789. The molecule has 1 nitrogen and oxygen atoms in total. The van der Waals surface area contributed by atoms with E-state index < -0.39 is 0 Å². The van der Waals surface area contributed by atoms with Crippen molar-refractivity contribution in [3.8, 4) is 0 Å². The van der Waals surface area contributed by atoms with Crippen LogP contribution in [0.1, 0.15) is 82.1 Å². The Morgan fingerprint density at radius 3 is 1.85 bits per heavy atom. The molecular formula is C19H41N. The maximum Gasteiger partial charge on any atom is 0.0371 e. The van der Waals surface area contributed by atoms with Crippen LogP contribution in [0.5, 0.6) is 0 Å². The van der Waals surface area contributed by atoms with E-state index in [1.165, 1.54) is 18.4 Å². The SMILES string of the molecule is C/C=C\C1=C(CC)CC(C)(C)C1NC.CC.CC.CC. The van der Waals surface area contributed by atoms with Gasteiger partial charge in [0.05, 0.1) is 0 Å². The molecule has 0 radical (unpaired) electrons. The Kier molecular flexibility index (Phi) is 18.1. The summed E-state index contributed by atoms with van der Waals surface area (Å²) in [4.78, 5) is 0. The van der Waals surface area contributed by atoms with E-state index in [-0.39, 0.29) is 0 Å². The summed E-state index contributed by atoms with van der Waals surface area (Å²) >= 11 is 0. The van der Waals surface area contributed by atoms with E-state index >= 15 is 0 Å². The van der Waals surface area contributed by atoms with Gasteiger partial charge in [-0.05, 0) is 37.8 Å². The van der Waals surface area contributed by atoms with Crippen molar-refractivity contribution in [2.24, 2.45) is 5.41 Å². The van der Waals surface area contributed by atoms with Crippen LogP contribution in [-0.4, -0.2) is 13.1 Å². The van der Waals surface area contributed by atoms with E-state index in [0.29, 0.717) is 11.5 Å². The van der Waals surface area contributed by atoms with Gasteiger partial charge in [-0.2, -0.15) is 0 Å². The smallest absolute Gasteiger partial charge is 0.0371 e. The third-order valence-electron chi connectivity index (χ3n) is 3.23. The summed E-state index contributed by atoms with van der Waals surface area (Å²) in [6, 6.07) is 0.522. The first-order valence-electron chi connectivity index (χ1n) is 8.58. The van der Waals surface area contributed by atoms with E-state index in [0.717, 1.165) is 0 Å². The maximum atomic E-state index is 3.44. The molecule has 0 aliphatic heterocycles. The van der Waals surface area contributed by atoms with Crippen molar-refractivity contribution >= 4 is 0 Å². The fourth-order valence-corrected chi connectivity index (χ4v) is 2.65. The van der Waals surface area contributed by atoms with Crippen LogP contribution in [0, 0.1) is 5.41 Å². The molecular weight excluding hydrogens is 242 g/mol. The second-order valence-electron chi connectivity index (χ2n) is 4.80. The molecule has 1 atom stereocenters. The summed E-state index contributed by atoms with van der Waals surface area (Å²) in [5, 5.41) is 3.44. The Hall–Kier alpha value is -0.560. The topological polar surface area (TPSA) is 12.0 Å². The van der Waals surface area contributed by atoms with Gasteiger partial charge >= 0.3 is 0 Å². The van der Waals surface area contributed by atoms with Crippen molar-refractivity contribution in [2.75, 3.05) is 7.05 Å². The quantitative estimate of drug-likeness (QED) is 0.635. The predicted molar refractivity (Wildman–Crippen MR) is 97.4 cm³/mol. The Labute approximate surface area is 129 Å². The first kappa shape index (κ1) is 24.5. The van der Waals surface area contributed by atoms with Gasteiger partial charge in [-0.1, -0.05) is 80.0 Å². The summed E-state index contributed by atoms with van der Waals surface area (Å²) < 4.78 is 0. The third kappa shape index (κ3) is 7.28. The van der Waals surface area contributed by atoms with Gasteiger partial charge in [0.1, 0.15) is 0 Å². The highest BCUT2D eigenvalue weighted by Crippen LogP contribution is 2.43. The van der Waals surface area contributed by atoms with Crippen LogP contribution >= 0.6 is 0 Å². The highest BCUT2D eigenvalue weighted by atomic mass is 14.9. The number of allylic oxidation sites excluding steroid dienone is 2. The first-order chi connectivity index (χ1) is 9.56. The van der Waals surface area contributed by atoms with Crippen LogP contribution in [-0.2, 0) is 0 Å². The molecule has 0 amide bonds. The molecule has 20 heavy (non-hydrogen) atoms. The van der Waals surface area contributed by atoms with E-state index in [4.69, 9.17) is 0 Å². The summed E-state index contributed by atoms with van der Waals surface area (Å²) in [5.41, 5.74) is 3.50. The fourth-order valence-electron chi connectivity index (χ4n) is 2.65. The van der Waals surface area contributed by atoms with Gasteiger partial charge in [0, 0.05) is 6.04 Å². The first-order valence-corrected chi connectivity index (χ1v) is 8.58. The van der Waals surface area contributed by atoms with Crippen LogP contribution in [0.15, 0.2) is 23.3 Å². The minimum absolute atomic E-state index is 0.370. The molecule has 1 heteroatoms. The van der Waals surface area contributed by atoms with Crippen LogP contribution in [0.4, 0.5) is 0 Å². The minimum atomic E-state index is 0.370. The number of rotatable bonds is 3. The van der Waals surface area contributed by atoms with Gasteiger partial charge in [-0.3, -0.25) is 0 Å². The molecule has 0 fully saturated rings. The standard InChI is InChI=1S/C13H23N.3C2H6/c1-6-8-11-10(7-2)9-13(3,4)12(11)14-5;3*1-2/h6,8,12,14H,7,9H2,1-5H3;3*1-2H3/b8-6-;;;. The lowest BCUT2D eigenvalue weighted by atomic mass is 9.84. The van der Waals surface area contributed by atoms with Gasteiger partial charge < -0.3 is 5.32 Å². The molecule has 0 bridgehead atoms. The lowest BCUT2D eigenvalue weighted by Crippen LogP contribution is -2.37. The average Bonchev–Trinajstić information content (AvgIpc) is 2.75. The van der Waals surface area contributed by atoms with E-state index in [1.54, 1.807) is 5.57 Å². The Morgan fingerprint density at radius 2 is 1.55 bits per heavy atom. The van der Waals surface area contributed by atoms with Crippen LogP contribution < -0.4 is 5.32 Å². The average molecular weight is 284 g/mol. The minimum Gasteiger partial charge on any atom is -0.313 e. The molecule has 0 saturated carbocycles.